The van der Waals surface area contributed by atoms with Crippen LogP contribution in [-0.4, -0.2) is 5.16 Å². The second kappa shape index (κ2) is 1.80. The van der Waals surface area contributed by atoms with E-state index in [1.807, 2.05) is 0 Å². The summed E-state index contributed by atoms with van der Waals surface area (Å²) in [7, 11) is -0.0984. The number of rotatable bonds is 1. The third-order valence-electron chi connectivity index (χ3n) is 2.42. The Labute approximate surface area is 51.7 Å². The van der Waals surface area contributed by atoms with Gasteiger partial charge in [0.05, 0.1) is 0 Å². The van der Waals surface area contributed by atoms with E-state index in [1.165, 1.54) is 6.42 Å². The van der Waals surface area contributed by atoms with E-state index in [4.69, 9.17) is 0 Å². The molecule has 0 N–H and O–H groups in total. The van der Waals surface area contributed by atoms with Gasteiger partial charge in [-0.3, -0.25) is 0 Å². The largest absolute Gasteiger partial charge is 0.331 e. The lowest BCUT2D eigenvalue weighted by Crippen LogP contribution is -2.36. The van der Waals surface area contributed by atoms with E-state index in [-0.39, 0.29) is 13.6 Å². The third kappa shape index (κ3) is 0.696. The molecule has 0 spiro atoms. The van der Waals surface area contributed by atoms with E-state index in [0.29, 0.717) is 5.92 Å². The lowest BCUT2D eigenvalue weighted by atomic mass is 9.75. The highest BCUT2D eigenvalue weighted by Gasteiger charge is 2.47. The summed E-state index contributed by atoms with van der Waals surface area (Å²) in [6.07, 6.45) is 2.43. The van der Waals surface area contributed by atoms with Crippen LogP contribution in [0, 0.1) is 5.92 Å². The van der Waals surface area contributed by atoms with E-state index in [0.717, 1.165) is 6.42 Å². The molecule has 0 heterocycles. The van der Waals surface area contributed by atoms with Crippen LogP contribution < -0.4 is 0 Å². The number of hydrogen-bond donors (Lipinski definition) is 0. The zero-order valence-electron chi connectivity index (χ0n) is 5.40. The molecule has 0 aromatic rings. The van der Waals surface area contributed by atoms with Gasteiger partial charge in [-0.25, -0.2) is 0 Å². The van der Waals surface area contributed by atoms with Gasteiger partial charge >= 0.3 is 8.46 Å². The molecule has 1 rings (SSSR count). The maximum absolute atomic E-state index is 10.5. The Bertz CT molecular complexity index is 113. The first-order chi connectivity index (χ1) is 3.69. The van der Waals surface area contributed by atoms with Crippen LogP contribution in [0.2, 0.25) is 0 Å². The molecule has 3 unspecified atom stereocenters. The summed E-state index contributed by atoms with van der Waals surface area (Å²) in [5, 5.41) is 0.194. The average molecular weight is 131 g/mol. The van der Waals surface area contributed by atoms with Crippen molar-refractivity contribution >= 4 is 8.46 Å². The van der Waals surface area contributed by atoms with Gasteiger partial charge in [0.15, 0.2) is 5.16 Å². The Morgan fingerprint density at radius 3 is 2.38 bits per heavy atom. The monoisotopic (exact) mass is 131 g/mol. The molecule has 1 saturated carbocycles. The third-order valence-corrected chi connectivity index (χ3v) is 3.63. The Kier molecular flexibility index (Phi) is 1.40. The van der Waals surface area contributed by atoms with Crippen molar-refractivity contribution < 1.29 is 4.57 Å². The second-order valence-electron chi connectivity index (χ2n) is 2.96. The molecule has 0 aromatic carbocycles. The molecular formula is C6H12OP+. The van der Waals surface area contributed by atoms with Crippen LogP contribution in [-0.2, 0) is 4.57 Å². The highest BCUT2D eigenvalue weighted by molar-refractivity contribution is 7.26. The lowest BCUT2D eigenvalue weighted by Gasteiger charge is -2.33. The van der Waals surface area contributed by atoms with Gasteiger partial charge in [0.25, 0.3) is 0 Å². The molecular weight excluding hydrogens is 119 g/mol. The fourth-order valence-corrected chi connectivity index (χ4v) is 1.61. The second-order valence-corrected chi connectivity index (χ2v) is 4.31. The fourth-order valence-electron chi connectivity index (χ4n) is 1.02. The molecule has 8 heavy (non-hydrogen) atoms. The molecule has 1 aliphatic carbocycles. The molecule has 0 bridgehead atoms. The van der Waals surface area contributed by atoms with Gasteiger partial charge in [0, 0.05) is 5.92 Å². The van der Waals surface area contributed by atoms with E-state index >= 15 is 0 Å². The van der Waals surface area contributed by atoms with Crippen molar-refractivity contribution in [2.24, 2.45) is 5.92 Å². The molecule has 2 heteroatoms. The summed E-state index contributed by atoms with van der Waals surface area (Å²) in [4.78, 5) is 0. The van der Waals surface area contributed by atoms with E-state index in [9.17, 15) is 4.57 Å². The SMILES string of the molecule is CC1CCC1(C)[PH+]=O. The lowest BCUT2D eigenvalue weighted by molar-refractivity contribution is 0.250. The standard InChI is InChI=1S/C6H11OP/c1-5-3-4-6(5,2)8-7/h5H,3-4H2,1-2H3/p+1. The summed E-state index contributed by atoms with van der Waals surface area (Å²) in [6, 6.07) is 0. The minimum Gasteiger partial charge on any atom is -0.0768 e. The van der Waals surface area contributed by atoms with Crippen LogP contribution in [0.5, 0.6) is 0 Å². The smallest absolute Gasteiger partial charge is 0.0768 e. The van der Waals surface area contributed by atoms with Crippen LogP contribution in [0.15, 0.2) is 0 Å². The van der Waals surface area contributed by atoms with Crippen molar-refractivity contribution in [2.45, 2.75) is 31.8 Å². The van der Waals surface area contributed by atoms with Gasteiger partial charge < -0.3 is 0 Å². The van der Waals surface area contributed by atoms with Crippen LogP contribution in [0.4, 0.5) is 0 Å². The van der Waals surface area contributed by atoms with E-state index in [1.54, 1.807) is 0 Å². The van der Waals surface area contributed by atoms with Crippen molar-refractivity contribution in [2.75, 3.05) is 0 Å². The summed E-state index contributed by atoms with van der Waals surface area (Å²) >= 11 is 0. The molecule has 1 fully saturated rings. The van der Waals surface area contributed by atoms with Crippen molar-refractivity contribution in [3.8, 4) is 0 Å². The highest BCUT2D eigenvalue weighted by atomic mass is 31.1. The molecule has 46 valence electrons. The van der Waals surface area contributed by atoms with Gasteiger partial charge in [-0.2, -0.15) is 0 Å². The van der Waals surface area contributed by atoms with E-state index < -0.39 is 0 Å². The normalized spacial score (nSPS) is 46.5. The van der Waals surface area contributed by atoms with Crippen molar-refractivity contribution in [1.82, 2.24) is 0 Å². The first-order valence-corrected chi connectivity index (χ1v) is 3.99. The van der Waals surface area contributed by atoms with Crippen molar-refractivity contribution in [1.29, 1.82) is 0 Å². The summed E-state index contributed by atoms with van der Waals surface area (Å²) in [5.41, 5.74) is 0. The molecule has 0 aliphatic heterocycles. The zero-order chi connectivity index (χ0) is 6.20. The average Bonchev–Trinajstić information content (AvgIpc) is 1.83. The Morgan fingerprint density at radius 1 is 1.75 bits per heavy atom. The first kappa shape index (κ1) is 6.22. The van der Waals surface area contributed by atoms with Gasteiger partial charge in [-0.1, -0.05) is 11.5 Å². The zero-order valence-corrected chi connectivity index (χ0v) is 6.40. The van der Waals surface area contributed by atoms with Gasteiger partial charge in [-0.05, 0) is 19.8 Å². The minimum absolute atomic E-state index is 0.0984. The maximum atomic E-state index is 10.5. The first-order valence-electron chi connectivity index (χ1n) is 3.08. The predicted molar refractivity (Wildman–Crippen MR) is 35.8 cm³/mol. The Morgan fingerprint density at radius 2 is 2.38 bits per heavy atom. The molecule has 0 amide bonds. The van der Waals surface area contributed by atoms with E-state index in [2.05, 4.69) is 13.8 Å². The van der Waals surface area contributed by atoms with Crippen LogP contribution >= 0.6 is 8.46 Å². The molecule has 1 nitrogen and oxygen atoms in total. The Hall–Kier alpha value is 0.100. The summed E-state index contributed by atoms with van der Waals surface area (Å²) in [6.45, 7) is 4.28. The maximum Gasteiger partial charge on any atom is 0.331 e. The molecule has 0 saturated heterocycles. The van der Waals surface area contributed by atoms with Crippen LogP contribution in [0.3, 0.4) is 0 Å². The van der Waals surface area contributed by atoms with Crippen molar-refractivity contribution in [3.63, 3.8) is 0 Å². The number of hydrogen-bond acceptors (Lipinski definition) is 1. The minimum atomic E-state index is -0.0984. The topological polar surface area (TPSA) is 17.1 Å². The Balaban J connectivity index is 2.54. The quantitative estimate of drug-likeness (QED) is 0.498. The highest BCUT2D eigenvalue weighted by Crippen LogP contribution is 2.47. The van der Waals surface area contributed by atoms with Crippen LogP contribution in [0.25, 0.3) is 0 Å². The van der Waals surface area contributed by atoms with Crippen LogP contribution in [0.1, 0.15) is 26.7 Å². The van der Waals surface area contributed by atoms with Gasteiger partial charge in [0.2, 0.25) is 0 Å². The van der Waals surface area contributed by atoms with Crippen molar-refractivity contribution in [3.05, 3.63) is 0 Å². The molecule has 3 atom stereocenters. The van der Waals surface area contributed by atoms with Gasteiger partial charge in [0.1, 0.15) is 0 Å². The fraction of sp³-hybridized carbons (Fsp3) is 1.00. The predicted octanol–water partition coefficient (Wildman–Crippen LogP) is 2.20. The summed E-state index contributed by atoms with van der Waals surface area (Å²) < 4.78 is 10.5. The summed E-state index contributed by atoms with van der Waals surface area (Å²) in [5.74, 6) is 0.693. The molecule has 0 aromatic heterocycles. The molecule has 1 aliphatic rings. The van der Waals surface area contributed by atoms with Gasteiger partial charge in [-0.15, -0.1) is 0 Å². The molecule has 0 radical (unpaired) electrons.